The van der Waals surface area contributed by atoms with Crippen LogP contribution < -0.4 is 5.32 Å². The maximum absolute atomic E-state index is 11.9. The molecule has 0 aliphatic rings. The quantitative estimate of drug-likeness (QED) is 0.582. The average molecular weight is 372 g/mol. The first-order valence-corrected chi connectivity index (χ1v) is 8.92. The molecule has 0 atom stereocenters. The summed E-state index contributed by atoms with van der Waals surface area (Å²) >= 11 is 0. The van der Waals surface area contributed by atoms with Gasteiger partial charge in [0.15, 0.2) is 5.82 Å². The number of likely N-dealkylation sites (N-methyl/N-ethyl adjacent to an activating group) is 1. The lowest BCUT2D eigenvalue weighted by molar-refractivity contribution is -0.129. The van der Waals surface area contributed by atoms with Crippen LogP contribution >= 0.6 is 0 Å². The molecular weight excluding hydrogens is 352 g/mol. The van der Waals surface area contributed by atoms with Gasteiger partial charge >= 0.3 is 0 Å². The zero-order valence-corrected chi connectivity index (χ0v) is 15.7. The fraction of sp³-hybridized carbons (Fsp3) is 0.143. The molecule has 1 N–H and O–H groups in total. The maximum Gasteiger partial charge on any atom is 0.243 e. The number of anilines is 2. The van der Waals surface area contributed by atoms with Crippen molar-refractivity contribution in [1.29, 1.82) is 0 Å². The van der Waals surface area contributed by atoms with E-state index in [1.165, 1.54) is 0 Å². The molecule has 2 aromatic carbocycles. The van der Waals surface area contributed by atoms with Crippen LogP contribution in [-0.2, 0) is 11.3 Å². The fourth-order valence-electron chi connectivity index (χ4n) is 2.82. The van der Waals surface area contributed by atoms with E-state index in [0.717, 1.165) is 22.2 Å². The van der Waals surface area contributed by atoms with Crippen molar-refractivity contribution in [1.82, 2.24) is 24.6 Å². The maximum atomic E-state index is 11.9. The van der Waals surface area contributed by atoms with Gasteiger partial charge in [-0.25, -0.2) is 9.97 Å². The van der Waals surface area contributed by atoms with Gasteiger partial charge in [-0.2, -0.15) is 5.10 Å². The van der Waals surface area contributed by atoms with Crippen LogP contribution in [0.1, 0.15) is 0 Å². The number of rotatable bonds is 5. The van der Waals surface area contributed by atoms with Gasteiger partial charge in [0.05, 0.1) is 17.4 Å². The summed E-state index contributed by atoms with van der Waals surface area (Å²) in [5.74, 6) is 1.33. The normalized spacial score (nSPS) is 10.8. The highest BCUT2D eigenvalue weighted by molar-refractivity contribution is 5.92. The molecule has 0 aliphatic carbocycles. The summed E-state index contributed by atoms with van der Waals surface area (Å²) < 4.78 is 1.60. The summed E-state index contributed by atoms with van der Waals surface area (Å²) in [4.78, 5) is 22.8. The average Bonchev–Trinajstić information content (AvgIpc) is 3.15. The SMILES string of the molecule is CN(C)C(=O)Cn1cc(Nc2nc(-c3ccccc3)nc3ccccc23)cn1. The number of hydrogen-bond acceptors (Lipinski definition) is 5. The number of carbonyl (C=O) groups is 1. The number of para-hydroxylation sites is 1. The predicted molar refractivity (Wildman–Crippen MR) is 109 cm³/mol. The van der Waals surface area contributed by atoms with Gasteiger partial charge in [-0.05, 0) is 12.1 Å². The Balaban J connectivity index is 1.68. The van der Waals surface area contributed by atoms with E-state index in [0.29, 0.717) is 11.6 Å². The van der Waals surface area contributed by atoms with Crippen LogP contribution in [-0.4, -0.2) is 44.7 Å². The Kier molecular flexibility index (Phi) is 4.72. The first-order chi connectivity index (χ1) is 13.6. The lowest BCUT2D eigenvalue weighted by Gasteiger charge is -2.10. The van der Waals surface area contributed by atoms with E-state index in [4.69, 9.17) is 4.98 Å². The van der Waals surface area contributed by atoms with Crippen LogP contribution in [0.4, 0.5) is 11.5 Å². The Morgan fingerprint density at radius 1 is 1.04 bits per heavy atom. The standard InChI is InChI=1S/C21H20N6O/c1-26(2)19(28)14-27-13-16(12-22-27)23-21-17-10-6-7-11-18(17)24-20(25-21)15-8-4-3-5-9-15/h3-13H,14H2,1-2H3,(H,23,24,25). The van der Waals surface area contributed by atoms with Crippen LogP contribution in [0, 0.1) is 0 Å². The molecule has 0 bridgehead atoms. The molecule has 0 aliphatic heterocycles. The largest absolute Gasteiger partial charge is 0.347 e. The van der Waals surface area contributed by atoms with Gasteiger partial charge < -0.3 is 10.2 Å². The van der Waals surface area contributed by atoms with E-state index < -0.39 is 0 Å². The number of aromatic nitrogens is 4. The first kappa shape index (κ1) is 17.7. The number of hydrogen-bond donors (Lipinski definition) is 1. The molecule has 0 radical (unpaired) electrons. The molecular formula is C21H20N6O. The highest BCUT2D eigenvalue weighted by atomic mass is 16.2. The van der Waals surface area contributed by atoms with Crippen LogP contribution in [0.2, 0.25) is 0 Å². The third kappa shape index (κ3) is 3.68. The molecule has 2 heterocycles. The van der Waals surface area contributed by atoms with E-state index >= 15 is 0 Å². The molecule has 2 aromatic heterocycles. The minimum Gasteiger partial charge on any atom is -0.347 e. The lowest BCUT2D eigenvalue weighted by Crippen LogP contribution is -2.26. The molecule has 4 aromatic rings. The highest BCUT2D eigenvalue weighted by Crippen LogP contribution is 2.27. The fourth-order valence-corrected chi connectivity index (χ4v) is 2.82. The highest BCUT2D eigenvalue weighted by Gasteiger charge is 2.11. The molecule has 1 amide bonds. The minimum absolute atomic E-state index is 0.0199. The number of amides is 1. The van der Waals surface area contributed by atoms with E-state index in [9.17, 15) is 4.79 Å². The van der Waals surface area contributed by atoms with Crippen molar-refractivity contribution in [3.8, 4) is 11.4 Å². The smallest absolute Gasteiger partial charge is 0.243 e. The van der Waals surface area contributed by atoms with Crippen molar-refractivity contribution >= 4 is 28.3 Å². The number of benzene rings is 2. The zero-order valence-electron chi connectivity index (χ0n) is 15.7. The zero-order chi connectivity index (χ0) is 19.5. The summed E-state index contributed by atoms with van der Waals surface area (Å²) in [6.45, 7) is 0.189. The van der Waals surface area contributed by atoms with Crippen molar-refractivity contribution in [2.24, 2.45) is 0 Å². The van der Waals surface area contributed by atoms with E-state index in [1.54, 1.807) is 36.1 Å². The van der Waals surface area contributed by atoms with Gasteiger partial charge in [-0.1, -0.05) is 42.5 Å². The number of nitrogens with zero attached hydrogens (tertiary/aromatic N) is 5. The van der Waals surface area contributed by atoms with Crippen molar-refractivity contribution in [3.63, 3.8) is 0 Å². The molecule has 140 valence electrons. The summed E-state index contributed by atoms with van der Waals surface area (Å²) in [5, 5.41) is 8.50. The molecule has 4 rings (SSSR count). The van der Waals surface area contributed by atoms with Crippen molar-refractivity contribution < 1.29 is 4.79 Å². The molecule has 0 saturated heterocycles. The second-order valence-electron chi connectivity index (χ2n) is 6.62. The molecule has 7 heteroatoms. The summed E-state index contributed by atoms with van der Waals surface area (Å²) in [5.41, 5.74) is 2.56. The minimum atomic E-state index is -0.0199. The number of nitrogens with one attached hydrogen (secondary N) is 1. The second kappa shape index (κ2) is 7.48. The topological polar surface area (TPSA) is 75.9 Å². The van der Waals surface area contributed by atoms with Crippen LogP contribution in [0.5, 0.6) is 0 Å². The summed E-state index contributed by atoms with van der Waals surface area (Å²) in [6.07, 6.45) is 3.47. The Hall–Kier alpha value is -3.74. The Morgan fingerprint density at radius 2 is 1.79 bits per heavy atom. The van der Waals surface area contributed by atoms with Gasteiger partial charge in [0.1, 0.15) is 12.4 Å². The summed E-state index contributed by atoms with van der Waals surface area (Å²) in [6, 6.07) is 17.7. The first-order valence-electron chi connectivity index (χ1n) is 8.92. The van der Waals surface area contributed by atoms with Crippen molar-refractivity contribution in [2.75, 3.05) is 19.4 Å². The molecule has 0 unspecified atom stereocenters. The number of carbonyl (C=O) groups excluding carboxylic acids is 1. The van der Waals surface area contributed by atoms with E-state index in [1.807, 2.05) is 54.6 Å². The van der Waals surface area contributed by atoms with Gasteiger partial charge in [-0.15, -0.1) is 0 Å². The number of fused-ring (bicyclic) bond motifs is 1. The third-order valence-electron chi connectivity index (χ3n) is 4.33. The van der Waals surface area contributed by atoms with Gasteiger partial charge in [0.25, 0.3) is 0 Å². The van der Waals surface area contributed by atoms with Crippen LogP contribution in [0.15, 0.2) is 67.0 Å². The molecule has 0 fully saturated rings. The van der Waals surface area contributed by atoms with Gasteiger partial charge in [0.2, 0.25) is 5.91 Å². The second-order valence-corrected chi connectivity index (χ2v) is 6.62. The van der Waals surface area contributed by atoms with Crippen molar-refractivity contribution in [2.45, 2.75) is 6.54 Å². The third-order valence-corrected chi connectivity index (χ3v) is 4.33. The molecule has 28 heavy (non-hydrogen) atoms. The lowest BCUT2D eigenvalue weighted by atomic mass is 10.2. The Labute approximate surface area is 162 Å². The van der Waals surface area contributed by atoms with E-state index in [2.05, 4.69) is 15.4 Å². The predicted octanol–water partition coefficient (Wildman–Crippen LogP) is 3.33. The van der Waals surface area contributed by atoms with Crippen molar-refractivity contribution in [3.05, 3.63) is 67.0 Å². The molecule has 0 saturated carbocycles. The van der Waals surface area contributed by atoms with Gasteiger partial charge in [0, 0.05) is 31.2 Å². The Morgan fingerprint density at radius 3 is 2.57 bits per heavy atom. The molecule has 7 nitrogen and oxygen atoms in total. The van der Waals surface area contributed by atoms with E-state index in [-0.39, 0.29) is 12.5 Å². The van der Waals surface area contributed by atoms with Crippen LogP contribution in [0.25, 0.3) is 22.3 Å². The van der Waals surface area contributed by atoms with Gasteiger partial charge in [-0.3, -0.25) is 9.48 Å². The summed E-state index contributed by atoms with van der Waals surface area (Å²) in [7, 11) is 3.45. The molecule has 0 spiro atoms. The Bertz CT molecular complexity index is 1120. The van der Waals surface area contributed by atoms with Crippen LogP contribution in [0.3, 0.4) is 0 Å². The monoisotopic (exact) mass is 372 g/mol.